The van der Waals surface area contributed by atoms with Crippen LogP contribution in [0.25, 0.3) is 0 Å². The second-order valence-electron chi connectivity index (χ2n) is 5.43. The molecule has 6 atom stereocenters. The molecule has 0 amide bonds. The maximum Gasteiger partial charge on any atom is 0.351 e. The van der Waals surface area contributed by atoms with E-state index in [1.54, 1.807) is 0 Å². The largest absolute Gasteiger partial charge is 0.387 e. The maximum absolute atomic E-state index is 11.9. The minimum atomic E-state index is -2.89. The molecule has 2 rings (SSSR count). The van der Waals surface area contributed by atoms with Gasteiger partial charge < -0.3 is 44.8 Å². The van der Waals surface area contributed by atoms with E-state index in [0.29, 0.717) is 0 Å². The summed E-state index contributed by atoms with van der Waals surface area (Å²) >= 11 is 0. The smallest absolute Gasteiger partial charge is 0.351 e. The number of aliphatic hydroxyl groups excluding tert-OH is 1. The summed E-state index contributed by atoms with van der Waals surface area (Å²) in [4.78, 5) is 51.2. The Kier molecular flexibility index (Phi) is 7.94. The van der Waals surface area contributed by atoms with Gasteiger partial charge in [-0.2, -0.15) is 4.98 Å². The zero-order chi connectivity index (χ0) is 20.4. The van der Waals surface area contributed by atoms with E-state index in [4.69, 9.17) is 24.8 Å². The predicted octanol–water partition coefficient (Wildman–Crippen LogP) is -1.47. The molecular formula is C10H18N3O11P3. The number of rotatable bonds is 8. The van der Waals surface area contributed by atoms with Crippen LogP contribution in [0.4, 0.5) is 5.82 Å². The molecule has 1 aromatic heterocycles. The Balaban J connectivity index is 2.00. The number of aromatic nitrogens is 2. The van der Waals surface area contributed by atoms with Crippen molar-refractivity contribution in [2.24, 2.45) is 0 Å². The summed E-state index contributed by atoms with van der Waals surface area (Å²) in [5.41, 5.74) is 2.68. The van der Waals surface area contributed by atoms with Crippen LogP contribution in [0.5, 0.6) is 0 Å². The highest BCUT2D eigenvalue weighted by atomic mass is 31.3. The Morgan fingerprint density at radius 1 is 1.33 bits per heavy atom. The Morgan fingerprint density at radius 3 is 2.59 bits per heavy atom. The van der Waals surface area contributed by atoms with E-state index in [9.17, 15) is 24.8 Å². The van der Waals surface area contributed by atoms with Gasteiger partial charge >= 0.3 is 31.5 Å². The predicted molar refractivity (Wildman–Crippen MR) is 91.2 cm³/mol. The van der Waals surface area contributed by atoms with E-state index in [2.05, 4.69) is 13.6 Å². The van der Waals surface area contributed by atoms with Crippen LogP contribution in [0, 0.1) is 0 Å². The number of anilines is 1. The lowest BCUT2D eigenvalue weighted by atomic mass is 9.96. The third-order valence-electron chi connectivity index (χ3n) is 3.49. The molecule has 0 aromatic carbocycles. The maximum atomic E-state index is 11.9. The van der Waals surface area contributed by atoms with Crippen molar-refractivity contribution >= 4 is 31.6 Å². The van der Waals surface area contributed by atoms with Crippen LogP contribution in [-0.4, -0.2) is 63.8 Å². The standard InChI is InChI=1S/C10H18N3O11P3/c1-10(16)7(14)5(4-21-26(19)24-27(20)23-25(17)18)22-8(10)13-3-2-6(11)12-9(13)15/h2-3,5,7-8,14,16-20H,4H2,1H3,(H2,11,12,15)/t5?,7-,8?,10?,26?,27?/m0/s1. The van der Waals surface area contributed by atoms with Gasteiger partial charge in [0.15, 0.2) is 6.23 Å². The number of hydrogen-bond acceptors (Lipinski definition) is 13. The van der Waals surface area contributed by atoms with Crippen LogP contribution in [-0.2, 0) is 17.9 Å². The summed E-state index contributed by atoms with van der Waals surface area (Å²) < 4.78 is 19.8. The van der Waals surface area contributed by atoms with Gasteiger partial charge in [-0.05, 0) is 13.0 Å². The molecule has 1 aliphatic heterocycles. The van der Waals surface area contributed by atoms with Crippen molar-refractivity contribution in [1.29, 1.82) is 0 Å². The minimum Gasteiger partial charge on any atom is -0.387 e. The number of aliphatic hydroxyl groups is 2. The molecular weight excluding hydrogens is 431 g/mol. The molecule has 0 saturated carbocycles. The van der Waals surface area contributed by atoms with Gasteiger partial charge in [0.25, 0.3) is 0 Å². The van der Waals surface area contributed by atoms with Crippen molar-refractivity contribution in [3.8, 4) is 0 Å². The van der Waals surface area contributed by atoms with E-state index in [1.807, 2.05) is 0 Å². The minimum absolute atomic E-state index is 0.0328. The summed E-state index contributed by atoms with van der Waals surface area (Å²) in [5.74, 6) is -0.0328. The van der Waals surface area contributed by atoms with Crippen LogP contribution in [0.2, 0.25) is 0 Å². The van der Waals surface area contributed by atoms with Crippen molar-refractivity contribution in [2.45, 2.75) is 31.0 Å². The van der Waals surface area contributed by atoms with E-state index >= 15 is 0 Å². The molecule has 27 heavy (non-hydrogen) atoms. The van der Waals surface area contributed by atoms with Gasteiger partial charge in [-0.15, -0.1) is 0 Å². The van der Waals surface area contributed by atoms with Gasteiger partial charge in [0.1, 0.15) is 23.6 Å². The van der Waals surface area contributed by atoms with Gasteiger partial charge in [-0.25, -0.2) is 13.4 Å². The number of nitrogens with two attached hydrogens (primary N) is 1. The fraction of sp³-hybridized carbons (Fsp3) is 0.600. The van der Waals surface area contributed by atoms with Gasteiger partial charge in [-0.3, -0.25) is 4.57 Å². The number of nitrogen functional groups attached to an aromatic ring is 1. The lowest BCUT2D eigenvalue weighted by molar-refractivity contribution is -0.0984. The molecule has 8 N–H and O–H groups in total. The zero-order valence-corrected chi connectivity index (χ0v) is 16.3. The molecule has 1 aliphatic rings. The second kappa shape index (κ2) is 9.38. The summed E-state index contributed by atoms with van der Waals surface area (Å²) in [6, 6.07) is 1.30. The fourth-order valence-electron chi connectivity index (χ4n) is 2.28. The average Bonchev–Trinajstić information content (AvgIpc) is 2.75. The van der Waals surface area contributed by atoms with Gasteiger partial charge in [0, 0.05) is 6.20 Å². The van der Waals surface area contributed by atoms with E-state index in [-0.39, 0.29) is 5.82 Å². The Bertz CT molecular complexity index is 692. The topological polar surface area (TPSA) is 219 Å². The zero-order valence-electron chi connectivity index (χ0n) is 13.6. The highest BCUT2D eigenvalue weighted by molar-refractivity contribution is 7.60. The molecule has 1 fully saturated rings. The quantitative estimate of drug-likeness (QED) is 0.226. The van der Waals surface area contributed by atoms with E-state index in [1.165, 1.54) is 19.2 Å². The summed E-state index contributed by atoms with van der Waals surface area (Å²) in [5, 5.41) is 20.7. The number of hydrogen-bond donors (Lipinski definition) is 7. The first-order chi connectivity index (χ1) is 12.5. The molecule has 0 radical (unpaired) electrons. The molecule has 1 saturated heterocycles. The van der Waals surface area contributed by atoms with Gasteiger partial charge in [0.2, 0.25) is 0 Å². The van der Waals surface area contributed by atoms with Crippen molar-refractivity contribution in [1.82, 2.24) is 9.55 Å². The highest BCUT2D eigenvalue weighted by Gasteiger charge is 2.53. The van der Waals surface area contributed by atoms with Crippen LogP contribution in [0.3, 0.4) is 0 Å². The number of ether oxygens (including phenoxy) is 1. The molecule has 14 nitrogen and oxygen atoms in total. The van der Waals surface area contributed by atoms with Crippen molar-refractivity contribution in [3.63, 3.8) is 0 Å². The third kappa shape index (κ3) is 5.78. The third-order valence-corrected chi connectivity index (χ3v) is 6.12. The molecule has 0 aliphatic carbocycles. The highest BCUT2D eigenvalue weighted by Crippen LogP contribution is 2.55. The Hall–Kier alpha value is -0.430. The van der Waals surface area contributed by atoms with Crippen molar-refractivity contribution in [2.75, 3.05) is 12.3 Å². The summed E-state index contributed by atoms with van der Waals surface area (Å²) in [7, 11) is -8.42. The lowest BCUT2D eigenvalue weighted by Gasteiger charge is -2.27. The average molecular weight is 449 g/mol. The lowest BCUT2D eigenvalue weighted by Crippen LogP contribution is -2.46. The molecule has 2 heterocycles. The molecule has 1 aromatic rings. The Labute approximate surface area is 155 Å². The van der Waals surface area contributed by atoms with Crippen molar-refractivity contribution in [3.05, 3.63) is 22.7 Å². The monoisotopic (exact) mass is 449 g/mol. The molecule has 0 bridgehead atoms. The second-order valence-corrected chi connectivity index (χ2v) is 8.45. The van der Waals surface area contributed by atoms with E-state index < -0.39 is 62.1 Å². The first-order valence-electron chi connectivity index (χ1n) is 7.08. The number of nitrogens with zero attached hydrogens (tertiary/aromatic N) is 2. The first kappa shape index (κ1) is 22.9. The summed E-state index contributed by atoms with van der Waals surface area (Å²) in [6.07, 6.45) is -2.79. The summed E-state index contributed by atoms with van der Waals surface area (Å²) in [6.45, 7) is 0.734. The van der Waals surface area contributed by atoms with Crippen LogP contribution in [0.15, 0.2) is 17.1 Å². The van der Waals surface area contributed by atoms with Crippen LogP contribution < -0.4 is 11.4 Å². The molecule has 5 unspecified atom stereocenters. The van der Waals surface area contributed by atoms with Crippen LogP contribution in [0.1, 0.15) is 13.2 Å². The van der Waals surface area contributed by atoms with E-state index in [0.717, 1.165) is 4.57 Å². The van der Waals surface area contributed by atoms with Crippen LogP contribution >= 0.6 is 25.8 Å². The van der Waals surface area contributed by atoms with Crippen molar-refractivity contribution < 1.29 is 47.7 Å². The van der Waals surface area contributed by atoms with Gasteiger partial charge in [-0.1, -0.05) is 0 Å². The van der Waals surface area contributed by atoms with Gasteiger partial charge in [0.05, 0.1) is 6.61 Å². The molecule has 154 valence electrons. The SMILES string of the molecule is CC1(O)C(n2ccc(N)nc2=O)OC(COP(O)OP(O)OP(O)O)[C@@H]1O. The Morgan fingerprint density at radius 2 is 2.00 bits per heavy atom. The normalized spacial score (nSPS) is 30.6. The molecule has 0 spiro atoms. The fourth-order valence-corrected chi connectivity index (χ4v) is 4.11. The first-order valence-corrected chi connectivity index (χ1v) is 10.5. The molecule has 17 heteroatoms.